The van der Waals surface area contributed by atoms with Crippen LogP contribution < -0.4 is 19.5 Å². The van der Waals surface area contributed by atoms with Crippen molar-refractivity contribution in [3.63, 3.8) is 0 Å². The van der Waals surface area contributed by atoms with Gasteiger partial charge in [0.1, 0.15) is 41.5 Å². The van der Waals surface area contributed by atoms with E-state index in [4.69, 9.17) is 32.7 Å². The summed E-state index contributed by atoms with van der Waals surface area (Å²) in [6.07, 6.45) is 1.74. The number of aromatic nitrogens is 4. The zero-order valence-corrected chi connectivity index (χ0v) is 37.8. The van der Waals surface area contributed by atoms with Gasteiger partial charge in [0, 0.05) is 18.5 Å². The summed E-state index contributed by atoms with van der Waals surface area (Å²) in [5.74, 6) is 1.82. The van der Waals surface area contributed by atoms with E-state index in [2.05, 4.69) is 58.7 Å². The van der Waals surface area contributed by atoms with Crippen LogP contribution in [-0.2, 0) is 28.9 Å². The monoisotopic (exact) mass is 887 g/mol. The quantitative estimate of drug-likeness (QED) is 0.0415. The molecule has 334 valence electrons. The summed E-state index contributed by atoms with van der Waals surface area (Å²) < 4.78 is 48.6. The number of rotatable bonds is 21. The van der Waals surface area contributed by atoms with Gasteiger partial charge in [0.25, 0.3) is 14.4 Å². The van der Waals surface area contributed by atoms with Crippen molar-refractivity contribution in [2.75, 3.05) is 39.4 Å². The maximum absolute atomic E-state index is 13.0. The van der Waals surface area contributed by atoms with Gasteiger partial charge in [0.2, 0.25) is 0 Å². The van der Waals surface area contributed by atoms with Crippen molar-refractivity contribution in [1.29, 1.82) is 5.26 Å². The molecule has 4 atom stereocenters. The number of fused-ring (bicyclic) bond motifs is 1. The van der Waals surface area contributed by atoms with E-state index in [0.717, 1.165) is 16.7 Å². The highest BCUT2D eigenvalue weighted by atomic mass is 31.2. The number of nitrogens with one attached hydrogen (secondary N) is 1. The molecule has 16 heteroatoms. The van der Waals surface area contributed by atoms with E-state index in [0.29, 0.717) is 34.8 Å². The summed E-state index contributed by atoms with van der Waals surface area (Å²) in [6.45, 7) is 8.45. The molecule has 3 heterocycles. The van der Waals surface area contributed by atoms with Gasteiger partial charge < -0.3 is 38.0 Å². The van der Waals surface area contributed by atoms with E-state index in [9.17, 15) is 10.1 Å². The van der Waals surface area contributed by atoms with E-state index >= 15 is 0 Å². The third kappa shape index (κ3) is 10.5. The molecule has 1 fully saturated rings. The van der Waals surface area contributed by atoms with Gasteiger partial charge in [-0.3, -0.25) is 9.36 Å². The van der Waals surface area contributed by atoms with Crippen LogP contribution in [0.15, 0.2) is 122 Å². The Labute approximate surface area is 375 Å². The van der Waals surface area contributed by atoms with Crippen molar-refractivity contribution in [3.8, 4) is 23.3 Å². The van der Waals surface area contributed by atoms with Gasteiger partial charge in [-0.1, -0.05) is 72.8 Å². The topological polar surface area (TPSA) is 164 Å². The van der Waals surface area contributed by atoms with Gasteiger partial charge in [-0.2, -0.15) is 5.26 Å². The second-order valence-electron chi connectivity index (χ2n) is 15.6. The van der Waals surface area contributed by atoms with Crippen LogP contribution in [0.4, 0.5) is 5.82 Å². The lowest BCUT2D eigenvalue weighted by Crippen LogP contribution is -2.39. The van der Waals surface area contributed by atoms with E-state index in [-0.39, 0.29) is 44.1 Å². The molecule has 0 radical (unpaired) electrons. The molecule has 1 saturated heterocycles. The summed E-state index contributed by atoms with van der Waals surface area (Å²) >= 11 is 0. The number of nitrogens with zero attached hydrogens (tertiary/aromatic N) is 6. The molecule has 15 nitrogen and oxygen atoms in total. The Morgan fingerprint density at radius 2 is 1.47 bits per heavy atom. The molecule has 6 aromatic rings. The number of carbonyl (C=O) groups excluding carboxylic acids is 1. The third-order valence-corrected chi connectivity index (χ3v) is 12.9. The summed E-state index contributed by atoms with van der Waals surface area (Å²) in [5, 5.41) is 12.3. The molecule has 7 rings (SSSR count). The molecule has 2 aromatic heterocycles. The lowest BCUT2D eigenvalue weighted by molar-refractivity contribution is -0.118. The molecule has 64 heavy (non-hydrogen) atoms. The zero-order chi connectivity index (χ0) is 45.1. The molecular formula is C48H54N7O8P. The molecule has 1 aliphatic heterocycles. The fraction of sp³-hybridized carbons (Fsp3) is 0.354. The molecular weight excluding hydrogens is 834 g/mol. The number of anilines is 1. The molecule has 1 unspecified atom stereocenters. The highest BCUT2D eigenvalue weighted by Crippen LogP contribution is 2.51. The minimum atomic E-state index is -1.67. The minimum absolute atomic E-state index is 0.0675. The van der Waals surface area contributed by atoms with Crippen LogP contribution in [0.3, 0.4) is 0 Å². The fourth-order valence-corrected chi connectivity index (χ4v) is 9.57. The van der Waals surface area contributed by atoms with Crippen molar-refractivity contribution in [2.45, 2.75) is 76.7 Å². The van der Waals surface area contributed by atoms with Crippen molar-refractivity contribution in [1.82, 2.24) is 24.2 Å². The van der Waals surface area contributed by atoms with Gasteiger partial charge in [-0.15, -0.1) is 0 Å². The Balaban J connectivity index is 1.25. The Kier molecular flexibility index (Phi) is 15.5. The third-order valence-electron chi connectivity index (χ3n) is 10.7. The SMILES string of the molecule is COc1ccc(C(OC[C@H]2O[C@@H](n3cnc4c(NC(=O)COc5ccccc5)ncnc43)C[C@H]2OP(OCCC#N)N(C(C)C)C(C)C)(c2ccccc2)c2ccc(OC)cc2)cc1. The van der Waals surface area contributed by atoms with Crippen molar-refractivity contribution < 1.29 is 37.5 Å². The van der Waals surface area contributed by atoms with Crippen LogP contribution in [-0.4, -0.2) is 88.4 Å². The number of hydrogen-bond donors (Lipinski definition) is 1. The highest BCUT2D eigenvalue weighted by Gasteiger charge is 2.45. The second-order valence-corrected chi connectivity index (χ2v) is 17.0. The van der Waals surface area contributed by atoms with Crippen LogP contribution in [0.1, 0.15) is 63.5 Å². The molecule has 0 aliphatic carbocycles. The number of nitriles is 1. The standard InChI is InChI=1S/C48H54N7O8P/c1-33(2)55(34(3)4)64(61-27-13-26-49)63-41-28-44(54-32-52-45-46(50-31-51-47(45)54)53-43(56)30-59-40-16-11-8-12-17-40)62-42(41)29-60-48(35-14-9-7-10-15-35,36-18-22-38(57-5)23-19-36)37-20-24-39(58-6)25-21-37/h7-12,14-25,31-34,41-42,44H,13,27-30H2,1-6H3,(H,50,51,53,56)/t41-,42-,44-,64?/m1/s1. The number of benzene rings is 4. The minimum Gasteiger partial charge on any atom is -0.497 e. The molecule has 1 amide bonds. The number of ether oxygens (including phenoxy) is 5. The van der Waals surface area contributed by atoms with E-state index in [1.807, 2.05) is 102 Å². The first kappa shape index (κ1) is 46.0. The van der Waals surface area contributed by atoms with Gasteiger partial charge in [-0.25, -0.2) is 19.6 Å². The summed E-state index contributed by atoms with van der Waals surface area (Å²) in [5.41, 5.74) is 2.33. The summed E-state index contributed by atoms with van der Waals surface area (Å²) in [4.78, 5) is 26.6. The lowest BCUT2D eigenvalue weighted by Gasteiger charge is -2.39. The van der Waals surface area contributed by atoms with Crippen LogP contribution in [0.25, 0.3) is 11.2 Å². The van der Waals surface area contributed by atoms with E-state index < -0.39 is 38.5 Å². The number of methoxy groups -OCH3 is 2. The number of carbonyl (C=O) groups is 1. The van der Waals surface area contributed by atoms with Crippen molar-refractivity contribution in [2.24, 2.45) is 0 Å². The Bertz CT molecular complexity index is 2400. The first-order valence-electron chi connectivity index (χ1n) is 21.2. The number of imidazole rings is 1. The van der Waals surface area contributed by atoms with Gasteiger partial charge in [0.15, 0.2) is 23.6 Å². The number of amides is 1. The zero-order valence-electron chi connectivity index (χ0n) is 36.9. The largest absolute Gasteiger partial charge is 0.497 e. The van der Waals surface area contributed by atoms with Gasteiger partial charge in [0.05, 0.1) is 52.4 Å². The van der Waals surface area contributed by atoms with Crippen molar-refractivity contribution in [3.05, 3.63) is 139 Å². The molecule has 0 spiro atoms. The molecule has 1 aliphatic rings. The molecule has 0 bridgehead atoms. The molecule has 1 N–H and O–H groups in total. The average Bonchev–Trinajstić information content (AvgIpc) is 3.94. The maximum Gasteiger partial charge on any atom is 0.263 e. The first-order valence-corrected chi connectivity index (χ1v) is 22.3. The van der Waals surface area contributed by atoms with Crippen LogP contribution >= 0.6 is 8.53 Å². The predicted molar refractivity (Wildman–Crippen MR) is 243 cm³/mol. The maximum atomic E-state index is 13.0. The van der Waals surface area contributed by atoms with Crippen molar-refractivity contribution >= 4 is 31.4 Å². The van der Waals surface area contributed by atoms with E-state index in [1.165, 1.54) is 6.33 Å². The van der Waals surface area contributed by atoms with Gasteiger partial charge >= 0.3 is 0 Å². The van der Waals surface area contributed by atoms with E-state index in [1.54, 1.807) is 32.7 Å². The Hall–Kier alpha value is -5.98. The Morgan fingerprint density at radius 3 is 2.06 bits per heavy atom. The lowest BCUT2D eigenvalue weighted by atomic mass is 9.80. The summed E-state index contributed by atoms with van der Waals surface area (Å²) in [7, 11) is 1.61. The smallest absolute Gasteiger partial charge is 0.263 e. The Morgan fingerprint density at radius 1 is 0.859 bits per heavy atom. The highest BCUT2D eigenvalue weighted by molar-refractivity contribution is 7.44. The normalized spacial score (nSPS) is 16.8. The fourth-order valence-electron chi connectivity index (χ4n) is 7.81. The average molecular weight is 888 g/mol. The van der Waals surface area contributed by atoms with Crippen LogP contribution in [0, 0.1) is 11.3 Å². The van der Waals surface area contributed by atoms with Crippen LogP contribution in [0.2, 0.25) is 0 Å². The number of para-hydroxylation sites is 1. The second kappa shape index (κ2) is 21.6. The number of hydrogen-bond acceptors (Lipinski definition) is 13. The molecule has 4 aromatic carbocycles. The predicted octanol–water partition coefficient (Wildman–Crippen LogP) is 8.82. The van der Waals surface area contributed by atoms with Gasteiger partial charge in [-0.05, 0) is 80.8 Å². The summed E-state index contributed by atoms with van der Waals surface area (Å²) in [6, 6.07) is 37.2. The van der Waals surface area contributed by atoms with Crippen LogP contribution in [0.5, 0.6) is 17.2 Å². The first-order chi connectivity index (χ1) is 31.1. The molecule has 0 saturated carbocycles.